The smallest absolute Gasteiger partial charge is 0.101 e. The zero-order valence-corrected chi connectivity index (χ0v) is 10.8. The molecular formula is C15H15N3O. The molecule has 4 nitrogen and oxygen atoms in total. The molecular weight excluding hydrogens is 238 g/mol. The fourth-order valence-corrected chi connectivity index (χ4v) is 3.08. The van der Waals surface area contributed by atoms with Crippen molar-refractivity contribution in [2.24, 2.45) is 5.16 Å². The fraction of sp³-hybridized carbons (Fsp3) is 0.333. The number of benzene rings is 1. The highest BCUT2D eigenvalue weighted by atomic mass is 16.4. The average Bonchev–Trinajstić information content (AvgIpc) is 2.77. The SMILES string of the molecule is C[C@H]1CCCc2cc3cc(/C=N/O)cc(C#N)c3n21. The second-order valence-electron chi connectivity index (χ2n) is 5.11. The lowest BCUT2D eigenvalue weighted by Gasteiger charge is -2.24. The molecule has 0 saturated carbocycles. The Morgan fingerprint density at radius 2 is 2.32 bits per heavy atom. The number of fused-ring (bicyclic) bond motifs is 3. The Morgan fingerprint density at radius 1 is 1.47 bits per heavy atom. The van der Waals surface area contributed by atoms with E-state index in [0.29, 0.717) is 11.6 Å². The molecule has 19 heavy (non-hydrogen) atoms. The zero-order valence-electron chi connectivity index (χ0n) is 10.8. The number of aromatic nitrogens is 1. The highest BCUT2D eigenvalue weighted by molar-refractivity contribution is 5.93. The standard InChI is InChI=1S/C15H15N3O/c1-10-3-2-4-14-7-12-5-11(9-17-19)6-13(8-16)15(12)18(10)14/h5-7,9-10,19H,2-4H2,1H3/b17-9+/t10-/m0/s1. The van der Waals surface area contributed by atoms with Gasteiger partial charge in [0.25, 0.3) is 0 Å². The molecule has 1 N–H and O–H groups in total. The van der Waals surface area contributed by atoms with Crippen molar-refractivity contribution in [2.75, 3.05) is 0 Å². The normalized spacial score (nSPS) is 18.6. The van der Waals surface area contributed by atoms with Crippen molar-refractivity contribution < 1.29 is 5.21 Å². The molecule has 0 fully saturated rings. The van der Waals surface area contributed by atoms with Crippen molar-refractivity contribution in [3.05, 3.63) is 35.0 Å². The Morgan fingerprint density at radius 3 is 3.05 bits per heavy atom. The maximum absolute atomic E-state index is 9.36. The molecule has 0 radical (unpaired) electrons. The van der Waals surface area contributed by atoms with E-state index in [2.05, 4.69) is 28.8 Å². The van der Waals surface area contributed by atoms with Gasteiger partial charge in [0.05, 0.1) is 17.3 Å². The van der Waals surface area contributed by atoms with Crippen molar-refractivity contribution in [3.8, 4) is 6.07 Å². The number of rotatable bonds is 1. The number of nitriles is 1. The first-order chi connectivity index (χ1) is 9.24. The van der Waals surface area contributed by atoms with Crippen LogP contribution in [0, 0.1) is 11.3 Å². The molecule has 0 spiro atoms. The Labute approximate surface area is 111 Å². The van der Waals surface area contributed by atoms with E-state index in [1.165, 1.54) is 18.3 Å². The monoisotopic (exact) mass is 253 g/mol. The van der Waals surface area contributed by atoms with E-state index in [9.17, 15) is 5.26 Å². The highest BCUT2D eigenvalue weighted by Gasteiger charge is 2.20. The number of aryl methyl sites for hydroxylation is 1. The molecule has 0 bridgehead atoms. The van der Waals surface area contributed by atoms with E-state index < -0.39 is 0 Å². The maximum atomic E-state index is 9.36. The minimum absolute atomic E-state index is 0.436. The molecule has 0 aliphatic carbocycles. The molecule has 3 rings (SSSR count). The molecule has 1 atom stereocenters. The summed E-state index contributed by atoms with van der Waals surface area (Å²) in [6.07, 6.45) is 4.78. The van der Waals surface area contributed by atoms with Gasteiger partial charge in [0.1, 0.15) is 6.07 Å². The lowest BCUT2D eigenvalue weighted by Crippen LogP contribution is -2.14. The Balaban J connectivity index is 2.34. The summed E-state index contributed by atoms with van der Waals surface area (Å²) in [5, 5.41) is 22.1. The number of hydrogen-bond acceptors (Lipinski definition) is 3. The van der Waals surface area contributed by atoms with E-state index >= 15 is 0 Å². The van der Waals surface area contributed by atoms with Crippen LogP contribution in [0.4, 0.5) is 0 Å². The van der Waals surface area contributed by atoms with Crippen molar-refractivity contribution in [2.45, 2.75) is 32.2 Å². The topological polar surface area (TPSA) is 61.3 Å². The molecule has 0 amide bonds. The van der Waals surface area contributed by atoms with Gasteiger partial charge in [-0.2, -0.15) is 5.26 Å². The van der Waals surface area contributed by atoms with Crippen LogP contribution in [0.2, 0.25) is 0 Å². The minimum atomic E-state index is 0.436. The summed E-state index contributed by atoms with van der Waals surface area (Å²) < 4.78 is 2.29. The van der Waals surface area contributed by atoms with Crippen LogP contribution in [0.3, 0.4) is 0 Å². The van der Waals surface area contributed by atoms with Crippen molar-refractivity contribution in [1.29, 1.82) is 5.26 Å². The van der Waals surface area contributed by atoms with Gasteiger partial charge in [0.15, 0.2) is 0 Å². The molecule has 2 aromatic rings. The second kappa shape index (κ2) is 4.43. The van der Waals surface area contributed by atoms with E-state index in [-0.39, 0.29) is 0 Å². The van der Waals surface area contributed by atoms with Crippen LogP contribution in [0.25, 0.3) is 10.9 Å². The van der Waals surface area contributed by atoms with Gasteiger partial charge in [-0.05, 0) is 49.9 Å². The summed E-state index contributed by atoms with van der Waals surface area (Å²) in [4.78, 5) is 0. The van der Waals surface area contributed by atoms with Gasteiger partial charge in [0.2, 0.25) is 0 Å². The zero-order chi connectivity index (χ0) is 13.4. The Kier molecular flexibility index (Phi) is 2.75. The van der Waals surface area contributed by atoms with Crippen LogP contribution in [0.5, 0.6) is 0 Å². The molecule has 0 saturated heterocycles. The van der Waals surface area contributed by atoms with Crippen molar-refractivity contribution in [3.63, 3.8) is 0 Å². The maximum Gasteiger partial charge on any atom is 0.101 e. The molecule has 1 aliphatic heterocycles. The van der Waals surface area contributed by atoms with E-state index in [4.69, 9.17) is 5.21 Å². The Hall–Kier alpha value is -2.28. The van der Waals surface area contributed by atoms with Gasteiger partial charge in [-0.25, -0.2) is 0 Å². The molecule has 1 aromatic heterocycles. The first-order valence-electron chi connectivity index (χ1n) is 6.50. The number of hydrogen-bond donors (Lipinski definition) is 1. The largest absolute Gasteiger partial charge is 0.411 e. The first kappa shape index (κ1) is 11.8. The van der Waals surface area contributed by atoms with Crippen LogP contribution in [0.1, 0.15) is 42.6 Å². The molecule has 4 heteroatoms. The van der Waals surface area contributed by atoms with E-state index in [1.807, 2.05) is 6.07 Å². The van der Waals surface area contributed by atoms with Crippen LogP contribution >= 0.6 is 0 Å². The third kappa shape index (κ3) is 1.78. The lowest BCUT2D eigenvalue weighted by atomic mass is 10.0. The Bertz CT molecular complexity index is 706. The van der Waals surface area contributed by atoms with Crippen LogP contribution in [-0.4, -0.2) is 16.0 Å². The van der Waals surface area contributed by atoms with E-state index in [1.54, 1.807) is 6.07 Å². The van der Waals surface area contributed by atoms with Crippen molar-refractivity contribution in [1.82, 2.24) is 4.57 Å². The minimum Gasteiger partial charge on any atom is -0.411 e. The van der Waals surface area contributed by atoms with Gasteiger partial charge >= 0.3 is 0 Å². The van der Waals surface area contributed by atoms with Crippen molar-refractivity contribution >= 4 is 17.1 Å². The fourth-order valence-electron chi connectivity index (χ4n) is 3.08. The predicted molar refractivity (Wildman–Crippen MR) is 73.7 cm³/mol. The molecule has 1 aliphatic rings. The summed E-state index contributed by atoms with van der Waals surface area (Å²) in [6.45, 7) is 2.20. The molecule has 1 aromatic carbocycles. The summed E-state index contributed by atoms with van der Waals surface area (Å²) >= 11 is 0. The summed E-state index contributed by atoms with van der Waals surface area (Å²) in [7, 11) is 0. The first-order valence-corrected chi connectivity index (χ1v) is 6.50. The van der Waals surface area contributed by atoms with Crippen LogP contribution in [-0.2, 0) is 6.42 Å². The summed E-state index contributed by atoms with van der Waals surface area (Å²) in [5.41, 5.74) is 3.71. The van der Waals surface area contributed by atoms with Crippen LogP contribution in [0.15, 0.2) is 23.4 Å². The molecule has 0 unspecified atom stereocenters. The average molecular weight is 253 g/mol. The van der Waals surface area contributed by atoms with Crippen LogP contribution < -0.4 is 0 Å². The van der Waals surface area contributed by atoms with E-state index in [0.717, 1.165) is 29.3 Å². The number of oxime groups is 1. The molecule has 2 heterocycles. The van der Waals surface area contributed by atoms with Gasteiger partial charge in [-0.3, -0.25) is 0 Å². The summed E-state index contributed by atoms with van der Waals surface area (Å²) in [6, 6.07) is 8.59. The van der Waals surface area contributed by atoms with Gasteiger partial charge in [0, 0.05) is 17.1 Å². The highest BCUT2D eigenvalue weighted by Crippen LogP contribution is 2.33. The third-order valence-electron chi connectivity index (χ3n) is 3.86. The van der Waals surface area contributed by atoms with Gasteiger partial charge in [-0.1, -0.05) is 5.16 Å². The number of nitrogens with zero attached hydrogens (tertiary/aromatic N) is 3. The van der Waals surface area contributed by atoms with Gasteiger partial charge < -0.3 is 9.77 Å². The summed E-state index contributed by atoms with van der Waals surface area (Å²) in [5.74, 6) is 0. The lowest BCUT2D eigenvalue weighted by molar-refractivity contribution is 0.322. The quantitative estimate of drug-likeness (QED) is 0.482. The predicted octanol–water partition coefficient (Wildman–Crippen LogP) is 3.22. The van der Waals surface area contributed by atoms with Gasteiger partial charge in [-0.15, -0.1) is 0 Å². The third-order valence-corrected chi connectivity index (χ3v) is 3.86. The second-order valence-corrected chi connectivity index (χ2v) is 5.11. The molecule has 96 valence electrons.